The molecule has 0 unspecified atom stereocenters. The molecule has 0 amide bonds. The third-order valence-corrected chi connectivity index (χ3v) is 3.27. The van der Waals surface area contributed by atoms with Crippen LogP contribution < -0.4 is 10.6 Å². The van der Waals surface area contributed by atoms with Crippen molar-refractivity contribution >= 4 is 27.8 Å². The molecule has 0 fully saturated rings. The molecule has 96 valence electrons. The highest BCUT2D eigenvalue weighted by Crippen LogP contribution is 2.18. The number of nitrogens with two attached hydrogens (primary N) is 1. The second-order valence-electron chi connectivity index (χ2n) is 3.83. The first-order valence-corrected chi connectivity index (χ1v) is 6.68. The number of benzene rings is 1. The number of anilines is 2. The molecule has 2 N–H and O–H groups in total. The minimum atomic E-state index is 0.402. The standard InChI is InChI=1S/C12H16BrN5/c1-3-17(4-2)12-15-11(14)18(16-12)10-7-5-9(13)6-8-10/h5-8H,3-4H2,1-2H3,(H2,14,15,16). The maximum Gasteiger partial charge on any atom is 0.246 e. The third kappa shape index (κ3) is 2.48. The Morgan fingerprint density at radius 3 is 2.39 bits per heavy atom. The number of nitrogen functional groups attached to an aromatic ring is 1. The van der Waals surface area contributed by atoms with E-state index in [-0.39, 0.29) is 0 Å². The van der Waals surface area contributed by atoms with E-state index in [9.17, 15) is 0 Å². The normalized spacial score (nSPS) is 10.6. The minimum Gasteiger partial charge on any atom is -0.368 e. The van der Waals surface area contributed by atoms with Crippen LogP contribution in [0.1, 0.15) is 13.8 Å². The predicted octanol–water partition coefficient (Wildman–Crippen LogP) is 2.46. The van der Waals surface area contributed by atoms with Gasteiger partial charge in [-0.15, -0.1) is 5.10 Å². The molecule has 5 nitrogen and oxygen atoms in total. The van der Waals surface area contributed by atoms with E-state index < -0.39 is 0 Å². The summed E-state index contributed by atoms with van der Waals surface area (Å²) in [6.45, 7) is 5.86. The van der Waals surface area contributed by atoms with Crippen molar-refractivity contribution in [1.29, 1.82) is 0 Å². The Hall–Kier alpha value is -1.56. The zero-order chi connectivity index (χ0) is 13.1. The predicted molar refractivity (Wildman–Crippen MR) is 77.0 cm³/mol. The largest absolute Gasteiger partial charge is 0.368 e. The topological polar surface area (TPSA) is 60.0 Å². The van der Waals surface area contributed by atoms with Gasteiger partial charge in [0, 0.05) is 17.6 Å². The fourth-order valence-corrected chi connectivity index (χ4v) is 1.99. The van der Waals surface area contributed by atoms with Crippen LogP contribution in [0.3, 0.4) is 0 Å². The van der Waals surface area contributed by atoms with E-state index in [1.54, 1.807) is 4.68 Å². The molecule has 0 saturated carbocycles. The highest BCUT2D eigenvalue weighted by molar-refractivity contribution is 9.10. The zero-order valence-electron chi connectivity index (χ0n) is 10.5. The Kier molecular flexibility index (Phi) is 3.86. The van der Waals surface area contributed by atoms with E-state index in [4.69, 9.17) is 5.73 Å². The minimum absolute atomic E-state index is 0.402. The van der Waals surface area contributed by atoms with Gasteiger partial charge in [-0.3, -0.25) is 0 Å². The lowest BCUT2D eigenvalue weighted by Crippen LogP contribution is -2.23. The highest BCUT2D eigenvalue weighted by atomic mass is 79.9. The van der Waals surface area contributed by atoms with Gasteiger partial charge in [-0.1, -0.05) is 15.9 Å². The van der Waals surface area contributed by atoms with Gasteiger partial charge in [0.25, 0.3) is 0 Å². The number of halogens is 1. The van der Waals surface area contributed by atoms with Crippen LogP contribution in [0, 0.1) is 0 Å². The van der Waals surface area contributed by atoms with Crippen LogP contribution in [0.25, 0.3) is 5.69 Å². The smallest absolute Gasteiger partial charge is 0.246 e. The van der Waals surface area contributed by atoms with Crippen molar-refractivity contribution in [2.24, 2.45) is 0 Å². The van der Waals surface area contributed by atoms with Gasteiger partial charge in [0.15, 0.2) is 0 Å². The van der Waals surface area contributed by atoms with Crippen molar-refractivity contribution in [3.63, 3.8) is 0 Å². The molecule has 1 aromatic heterocycles. The van der Waals surface area contributed by atoms with Crippen LogP contribution in [-0.4, -0.2) is 27.9 Å². The van der Waals surface area contributed by atoms with Gasteiger partial charge in [-0.2, -0.15) is 9.67 Å². The Morgan fingerprint density at radius 2 is 1.83 bits per heavy atom. The summed E-state index contributed by atoms with van der Waals surface area (Å²) in [7, 11) is 0. The van der Waals surface area contributed by atoms with Gasteiger partial charge in [0.05, 0.1) is 5.69 Å². The van der Waals surface area contributed by atoms with E-state index in [0.717, 1.165) is 23.2 Å². The van der Waals surface area contributed by atoms with Crippen molar-refractivity contribution in [3.8, 4) is 5.69 Å². The first-order chi connectivity index (χ1) is 8.65. The van der Waals surface area contributed by atoms with E-state index in [1.165, 1.54) is 0 Å². The number of nitrogens with zero attached hydrogens (tertiary/aromatic N) is 4. The molecule has 0 aliphatic carbocycles. The first kappa shape index (κ1) is 12.9. The molecule has 0 bridgehead atoms. The van der Waals surface area contributed by atoms with E-state index in [2.05, 4.69) is 44.8 Å². The fraction of sp³-hybridized carbons (Fsp3) is 0.333. The van der Waals surface area contributed by atoms with Gasteiger partial charge >= 0.3 is 0 Å². The Morgan fingerprint density at radius 1 is 1.22 bits per heavy atom. The molecular formula is C12H16BrN5. The molecule has 0 saturated heterocycles. The van der Waals surface area contributed by atoms with Crippen LogP contribution in [0.2, 0.25) is 0 Å². The maximum absolute atomic E-state index is 5.91. The molecule has 0 aliphatic rings. The monoisotopic (exact) mass is 309 g/mol. The maximum atomic E-state index is 5.91. The molecule has 2 rings (SSSR count). The van der Waals surface area contributed by atoms with Gasteiger partial charge in [0.1, 0.15) is 0 Å². The van der Waals surface area contributed by atoms with Crippen LogP contribution in [-0.2, 0) is 0 Å². The van der Waals surface area contributed by atoms with Crippen molar-refractivity contribution in [2.45, 2.75) is 13.8 Å². The number of hydrogen-bond donors (Lipinski definition) is 1. The summed E-state index contributed by atoms with van der Waals surface area (Å²) in [4.78, 5) is 6.36. The van der Waals surface area contributed by atoms with Crippen LogP contribution >= 0.6 is 15.9 Å². The lowest BCUT2D eigenvalue weighted by molar-refractivity contribution is 0.802. The third-order valence-electron chi connectivity index (χ3n) is 2.74. The number of hydrogen-bond acceptors (Lipinski definition) is 4. The Balaban J connectivity index is 2.37. The molecular weight excluding hydrogens is 294 g/mol. The average Bonchev–Trinajstić information content (AvgIpc) is 2.74. The molecule has 0 radical (unpaired) electrons. The van der Waals surface area contributed by atoms with E-state index in [0.29, 0.717) is 11.9 Å². The molecule has 0 spiro atoms. The van der Waals surface area contributed by atoms with Crippen molar-refractivity contribution in [3.05, 3.63) is 28.7 Å². The summed E-state index contributed by atoms with van der Waals surface area (Å²) in [5, 5.41) is 4.44. The van der Waals surface area contributed by atoms with Crippen LogP contribution in [0.4, 0.5) is 11.9 Å². The summed E-state index contributed by atoms with van der Waals surface area (Å²) >= 11 is 3.40. The van der Waals surface area contributed by atoms with E-state index >= 15 is 0 Å². The van der Waals surface area contributed by atoms with Crippen molar-refractivity contribution in [2.75, 3.05) is 23.7 Å². The Bertz CT molecular complexity index is 516. The zero-order valence-corrected chi connectivity index (χ0v) is 12.1. The summed E-state index contributed by atoms with van der Waals surface area (Å²) in [5.41, 5.74) is 6.81. The molecule has 0 atom stereocenters. The highest BCUT2D eigenvalue weighted by Gasteiger charge is 2.12. The average molecular weight is 310 g/mol. The van der Waals surface area contributed by atoms with Crippen molar-refractivity contribution < 1.29 is 0 Å². The summed E-state index contributed by atoms with van der Waals surface area (Å²) in [6.07, 6.45) is 0. The number of aromatic nitrogens is 3. The van der Waals surface area contributed by atoms with Gasteiger partial charge in [0.2, 0.25) is 11.9 Å². The quantitative estimate of drug-likeness (QED) is 0.942. The fourth-order valence-electron chi connectivity index (χ4n) is 1.73. The lowest BCUT2D eigenvalue weighted by atomic mass is 10.3. The summed E-state index contributed by atoms with van der Waals surface area (Å²) in [6, 6.07) is 7.79. The number of rotatable bonds is 4. The molecule has 1 aromatic carbocycles. The van der Waals surface area contributed by atoms with Crippen LogP contribution in [0.5, 0.6) is 0 Å². The summed E-state index contributed by atoms with van der Waals surface area (Å²) < 4.78 is 2.68. The molecule has 18 heavy (non-hydrogen) atoms. The lowest BCUT2D eigenvalue weighted by Gasteiger charge is -2.15. The molecule has 2 aromatic rings. The van der Waals surface area contributed by atoms with Gasteiger partial charge < -0.3 is 10.6 Å². The van der Waals surface area contributed by atoms with E-state index in [1.807, 2.05) is 24.3 Å². The van der Waals surface area contributed by atoms with Crippen molar-refractivity contribution in [1.82, 2.24) is 14.8 Å². The molecule has 1 heterocycles. The second kappa shape index (κ2) is 5.39. The second-order valence-corrected chi connectivity index (χ2v) is 4.75. The molecule has 0 aliphatic heterocycles. The molecule has 6 heteroatoms. The summed E-state index contributed by atoms with van der Waals surface area (Å²) in [5.74, 6) is 1.07. The van der Waals surface area contributed by atoms with Gasteiger partial charge in [-0.05, 0) is 38.1 Å². The first-order valence-electron chi connectivity index (χ1n) is 5.89. The van der Waals surface area contributed by atoms with Gasteiger partial charge in [-0.25, -0.2) is 0 Å². The van der Waals surface area contributed by atoms with Crippen LogP contribution in [0.15, 0.2) is 28.7 Å². The SMILES string of the molecule is CCN(CC)c1nc(N)n(-c2ccc(Br)cc2)n1. The Labute approximate surface area is 115 Å².